The fourth-order valence-corrected chi connectivity index (χ4v) is 1.80. The van der Waals surface area contributed by atoms with Crippen LogP contribution in [0.4, 0.5) is 0 Å². The second kappa shape index (κ2) is 3.63. The molecule has 1 saturated heterocycles. The third-order valence-electron chi connectivity index (χ3n) is 2.51. The molecule has 0 bridgehead atoms. The third kappa shape index (κ3) is 1.73. The summed E-state index contributed by atoms with van der Waals surface area (Å²) in [6, 6.07) is 6.37. The van der Waals surface area contributed by atoms with Gasteiger partial charge in [-0.05, 0) is 31.5 Å². The van der Waals surface area contributed by atoms with Crippen LogP contribution >= 0.6 is 0 Å². The van der Waals surface area contributed by atoms with Crippen molar-refractivity contribution < 1.29 is 0 Å². The number of aromatic nitrogens is 1. The summed E-state index contributed by atoms with van der Waals surface area (Å²) in [6.45, 7) is 1.09. The smallest absolute Gasteiger partial charge is 0.117 e. The summed E-state index contributed by atoms with van der Waals surface area (Å²) in [6.07, 6.45) is 3.71. The Hall–Kier alpha value is -1.27. The highest BCUT2D eigenvalue weighted by molar-refractivity contribution is 5.25. The van der Waals surface area contributed by atoms with Crippen LogP contribution in [-0.4, -0.2) is 11.5 Å². The van der Waals surface area contributed by atoms with Crippen LogP contribution in [-0.2, 0) is 0 Å². The maximum Gasteiger partial charge on any atom is 0.117 e. The highest BCUT2D eigenvalue weighted by atomic mass is 14.9. The van der Waals surface area contributed by atoms with Crippen LogP contribution in [0, 0.1) is 11.3 Å². The first-order chi connectivity index (χ1) is 6.40. The molecule has 0 aromatic carbocycles. The predicted octanol–water partition coefficient (Wildman–Crippen LogP) is 1.70. The fourth-order valence-electron chi connectivity index (χ4n) is 1.80. The molecule has 1 aromatic rings. The molecule has 0 amide bonds. The first-order valence-electron chi connectivity index (χ1n) is 4.72. The topological polar surface area (TPSA) is 51.6 Å². The van der Waals surface area contributed by atoms with E-state index in [1.165, 1.54) is 19.3 Å². The first kappa shape index (κ1) is 8.33. The molecule has 0 spiro atoms. The zero-order valence-corrected chi connectivity index (χ0v) is 7.51. The fraction of sp³-hybridized carbons (Fsp3) is 0.500. The zero-order chi connectivity index (χ0) is 9.10. The summed E-state index contributed by atoms with van der Waals surface area (Å²) in [5.41, 5.74) is 1.80. The van der Waals surface area contributed by atoms with Gasteiger partial charge in [0, 0.05) is 11.7 Å². The molecule has 13 heavy (non-hydrogen) atoms. The molecule has 3 heteroatoms. The second-order valence-corrected chi connectivity index (χ2v) is 3.44. The molecule has 2 rings (SSSR count). The predicted molar refractivity (Wildman–Crippen MR) is 50.1 cm³/mol. The largest absolute Gasteiger partial charge is 0.349 e. The molecule has 2 N–H and O–H groups in total. The molecule has 3 nitrogen and oxygen atoms in total. The van der Waals surface area contributed by atoms with Crippen LogP contribution in [0.2, 0.25) is 0 Å². The van der Waals surface area contributed by atoms with Crippen molar-refractivity contribution in [3.63, 3.8) is 0 Å². The van der Waals surface area contributed by atoms with Crippen LogP contribution in [0.5, 0.6) is 0 Å². The number of nitriles is 1. The van der Waals surface area contributed by atoms with Gasteiger partial charge >= 0.3 is 0 Å². The van der Waals surface area contributed by atoms with Gasteiger partial charge in [-0.15, -0.1) is 0 Å². The highest BCUT2D eigenvalue weighted by Crippen LogP contribution is 2.21. The van der Waals surface area contributed by atoms with Gasteiger partial charge in [-0.1, -0.05) is 6.42 Å². The van der Waals surface area contributed by atoms with E-state index in [4.69, 9.17) is 5.26 Å². The van der Waals surface area contributed by atoms with Crippen molar-refractivity contribution in [2.24, 2.45) is 0 Å². The maximum atomic E-state index is 8.65. The van der Waals surface area contributed by atoms with Gasteiger partial charge in [0.25, 0.3) is 0 Å². The molecule has 0 radical (unpaired) electrons. The molecule has 0 saturated carbocycles. The van der Waals surface area contributed by atoms with Gasteiger partial charge in [0.15, 0.2) is 0 Å². The molecule has 1 aliphatic heterocycles. The van der Waals surface area contributed by atoms with Crippen molar-refractivity contribution in [3.8, 4) is 6.07 Å². The lowest BCUT2D eigenvalue weighted by atomic mass is 10.0. The molecule has 1 fully saturated rings. The van der Waals surface area contributed by atoms with Crippen LogP contribution in [0.25, 0.3) is 0 Å². The van der Waals surface area contributed by atoms with Crippen molar-refractivity contribution in [1.29, 1.82) is 5.26 Å². The third-order valence-corrected chi connectivity index (χ3v) is 2.51. The summed E-state index contributed by atoms with van der Waals surface area (Å²) in [7, 11) is 0. The number of hydrogen-bond donors (Lipinski definition) is 2. The number of piperidine rings is 1. The summed E-state index contributed by atoms with van der Waals surface area (Å²) >= 11 is 0. The van der Waals surface area contributed by atoms with Crippen molar-refractivity contribution in [2.45, 2.75) is 25.3 Å². The lowest BCUT2D eigenvalue weighted by molar-refractivity contribution is 0.406. The average molecular weight is 175 g/mol. The van der Waals surface area contributed by atoms with Crippen molar-refractivity contribution in [2.75, 3.05) is 6.54 Å². The normalized spacial score (nSPS) is 22.5. The molecule has 1 aliphatic rings. The number of nitrogens with one attached hydrogen (secondary N) is 2. The molecule has 1 aromatic heterocycles. The molecule has 68 valence electrons. The Bertz CT molecular complexity index is 315. The van der Waals surface area contributed by atoms with Gasteiger partial charge in [-0.2, -0.15) is 5.26 Å². The average Bonchev–Trinajstić information content (AvgIpc) is 2.67. The zero-order valence-electron chi connectivity index (χ0n) is 7.51. The highest BCUT2D eigenvalue weighted by Gasteiger charge is 2.15. The Kier molecular flexibility index (Phi) is 2.33. The lowest BCUT2D eigenvalue weighted by Gasteiger charge is -2.22. The van der Waals surface area contributed by atoms with E-state index in [2.05, 4.69) is 16.4 Å². The maximum absolute atomic E-state index is 8.65. The van der Waals surface area contributed by atoms with E-state index in [1.807, 2.05) is 12.1 Å². The number of rotatable bonds is 1. The molecular formula is C10H13N3. The van der Waals surface area contributed by atoms with E-state index in [0.29, 0.717) is 11.7 Å². The van der Waals surface area contributed by atoms with Crippen LogP contribution in [0.15, 0.2) is 12.1 Å². The molecular weight excluding hydrogens is 162 g/mol. The number of hydrogen-bond acceptors (Lipinski definition) is 2. The quantitative estimate of drug-likeness (QED) is 0.682. The Morgan fingerprint density at radius 2 is 2.31 bits per heavy atom. The first-order valence-corrected chi connectivity index (χ1v) is 4.72. The van der Waals surface area contributed by atoms with E-state index < -0.39 is 0 Å². The summed E-state index contributed by atoms with van der Waals surface area (Å²) in [5, 5.41) is 12.1. The van der Waals surface area contributed by atoms with Crippen LogP contribution < -0.4 is 5.32 Å². The van der Waals surface area contributed by atoms with Crippen molar-refractivity contribution >= 4 is 0 Å². The summed E-state index contributed by atoms with van der Waals surface area (Å²) in [5.74, 6) is 0. The minimum Gasteiger partial charge on any atom is -0.349 e. The number of nitrogens with zero attached hydrogens (tertiary/aromatic N) is 1. The Morgan fingerprint density at radius 1 is 1.38 bits per heavy atom. The van der Waals surface area contributed by atoms with Gasteiger partial charge in [0.05, 0.1) is 0 Å². The number of H-pyrrole nitrogens is 1. The van der Waals surface area contributed by atoms with Crippen molar-refractivity contribution in [3.05, 3.63) is 23.5 Å². The summed E-state index contributed by atoms with van der Waals surface area (Å²) in [4.78, 5) is 3.11. The molecule has 2 heterocycles. The minimum absolute atomic E-state index is 0.427. The van der Waals surface area contributed by atoms with Gasteiger partial charge in [0.2, 0.25) is 0 Å². The molecule has 0 unspecified atom stereocenters. The Morgan fingerprint density at radius 3 is 2.92 bits per heavy atom. The molecule has 1 atom stereocenters. The summed E-state index contributed by atoms with van der Waals surface area (Å²) < 4.78 is 0. The van der Waals surface area contributed by atoms with Crippen molar-refractivity contribution in [1.82, 2.24) is 10.3 Å². The monoisotopic (exact) mass is 175 g/mol. The van der Waals surface area contributed by atoms with E-state index in [0.717, 1.165) is 12.2 Å². The van der Waals surface area contributed by atoms with Gasteiger partial charge in [-0.25, -0.2) is 0 Å². The van der Waals surface area contributed by atoms with Crippen LogP contribution in [0.1, 0.15) is 36.7 Å². The van der Waals surface area contributed by atoms with E-state index in [-0.39, 0.29) is 0 Å². The van der Waals surface area contributed by atoms with Gasteiger partial charge < -0.3 is 10.3 Å². The van der Waals surface area contributed by atoms with E-state index >= 15 is 0 Å². The molecule has 0 aliphatic carbocycles. The van der Waals surface area contributed by atoms with Gasteiger partial charge in [-0.3, -0.25) is 0 Å². The van der Waals surface area contributed by atoms with Crippen LogP contribution in [0.3, 0.4) is 0 Å². The van der Waals surface area contributed by atoms with E-state index in [9.17, 15) is 0 Å². The Balaban J connectivity index is 2.11. The lowest BCUT2D eigenvalue weighted by Crippen LogP contribution is -2.26. The number of aromatic amines is 1. The minimum atomic E-state index is 0.427. The van der Waals surface area contributed by atoms with E-state index in [1.54, 1.807) is 0 Å². The SMILES string of the molecule is N#Cc1ccc([C@H]2CCCCN2)[nH]1. The Labute approximate surface area is 77.8 Å². The van der Waals surface area contributed by atoms with Gasteiger partial charge in [0.1, 0.15) is 11.8 Å². The standard InChI is InChI=1S/C10H13N3/c11-7-8-4-5-10(13-8)9-3-1-2-6-12-9/h4-5,9,12-13H,1-3,6H2/t9-/m1/s1. The second-order valence-electron chi connectivity index (χ2n) is 3.44.